The van der Waals surface area contributed by atoms with Gasteiger partial charge in [0.25, 0.3) is 0 Å². The lowest BCUT2D eigenvalue weighted by atomic mass is 10.1. The molecule has 2 aromatic heterocycles. The molecule has 0 saturated carbocycles. The average molecular weight is 362 g/mol. The minimum atomic E-state index is -0.387. The number of aromatic nitrogens is 3. The van der Waals surface area contributed by atoms with Crippen LogP contribution in [-0.2, 0) is 0 Å². The highest BCUT2D eigenvalue weighted by molar-refractivity contribution is 7.71. The normalized spacial score (nSPS) is 11.0. The lowest BCUT2D eigenvalue weighted by Crippen LogP contribution is -1.96. The summed E-state index contributed by atoms with van der Waals surface area (Å²) in [7, 11) is 0. The molecule has 4 aromatic rings. The van der Waals surface area contributed by atoms with Crippen LogP contribution in [0.3, 0.4) is 0 Å². The van der Waals surface area contributed by atoms with Crippen molar-refractivity contribution in [3.63, 3.8) is 0 Å². The van der Waals surface area contributed by atoms with Gasteiger partial charge < -0.3 is 0 Å². The molecule has 1 N–H and O–H groups in total. The Kier molecular flexibility index (Phi) is 3.85. The number of aryl methyl sites for hydroxylation is 1. The predicted molar refractivity (Wildman–Crippen MR) is 103 cm³/mol. The second kappa shape index (κ2) is 6.20. The van der Waals surface area contributed by atoms with Crippen LogP contribution in [-0.4, -0.2) is 19.5 Å². The summed E-state index contributed by atoms with van der Waals surface area (Å²) in [5.41, 5.74) is 4.10. The molecule has 0 amide bonds. The molecular formula is C19H14N4O2S. The summed E-state index contributed by atoms with van der Waals surface area (Å²) in [5.74, 6) is 0. The molecule has 2 heterocycles. The second-order valence-corrected chi connectivity index (χ2v) is 6.33. The second-order valence-electron chi connectivity index (χ2n) is 5.97. The van der Waals surface area contributed by atoms with Gasteiger partial charge in [0, 0.05) is 11.1 Å². The molecule has 128 valence electrons. The molecule has 2 aromatic carbocycles. The van der Waals surface area contributed by atoms with E-state index in [0.717, 1.165) is 11.1 Å². The first-order valence-electron chi connectivity index (χ1n) is 7.97. The Hall–Kier alpha value is -3.32. The predicted octanol–water partition coefficient (Wildman–Crippen LogP) is 4.94. The zero-order chi connectivity index (χ0) is 18.3. The number of nitrogens with one attached hydrogen (secondary N) is 1. The van der Waals surface area contributed by atoms with Gasteiger partial charge in [0.05, 0.1) is 10.6 Å². The number of rotatable bonds is 3. The van der Waals surface area contributed by atoms with Crippen LogP contribution < -0.4 is 0 Å². The van der Waals surface area contributed by atoms with Crippen molar-refractivity contribution in [2.24, 2.45) is 0 Å². The minimum Gasteiger partial charge on any atom is -0.284 e. The van der Waals surface area contributed by atoms with E-state index < -0.39 is 0 Å². The standard InChI is InChI=1S/C19H14N4O2S/c1-12-7-9-13(10-8-12)15-11-16-18(23(24)25)17(14-5-3-2-4-6-14)21-22(16)19(26)20-15/h2-11,21H,1H3. The van der Waals surface area contributed by atoms with Gasteiger partial charge in [0.1, 0.15) is 11.2 Å². The Morgan fingerprint density at radius 3 is 2.42 bits per heavy atom. The Morgan fingerprint density at radius 1 is 1.08 bits per heavy atom. The van der Waals surface area contributed by atoms with E-state index in [1.54, 1.807) is 6.07 Å². The summed E-state index contributed by atoms with van der Waals surface area (Å²) in [6.07, 6.45) is 0. The molecule has 0 aliphatic rings. The first-order chi connectivity index (χ1) is 12.5. The molecule has 0 fully saturated rings. The van der Waals surface area contributed by atoms with Crippen molar-refractivity contribution in [2.75, 3.05) is 0 Å². The summed E-state index contributed by atoms with van der Waals surface area (Å²) in [5, 5.41) is 14.8. The summed E-state index contributed by atoms with van der Waals surface area (Å²) in [4.78, 5) is 15.8. The van der Waals surface area contributed by atoms with Crippen molar-refractivity contribution < 1.29 is 4.92 Å². The Morgan fingerprint density at radius 2 is 1.77 bits per heavy atom. The number of hydrogen-bond donors (Lipinski definition) is 1. The summed E-state index contributed by atoms with van der Waals surface area (Å²) >= 11 is 5.37. The van der Waals surface area contributed by atoms with E-state index in [9.17, 15) is 10.1 Å². The van der Waals surface area contributed by atoms with Gasteiger partial charge in [-0.3, -0.25) is 15.2 Å². The maximum atomic E-state index is 11.8. The van der Waals surface area contributed by atoms with Crippen LogP contribution in [0.4, 0.5) is 5.69 Å². The van der Waals surface area contributed by atoms with Gasteiger partial charge >= 0.3 is 5.69 Å². The third kappa shape index (κ3) is 2.68. The van der Waals surface area contributed by atoms with Gasteiger partial charge in [-0.25, -0.2) is 9.50 Å². The number of nitro groups is 1. The third-order valence-electron chi connectivity index (χ3n) is 4.22. The molecule has 6 nitrogen and oxygen atoms in total. The summed E-state index contributed by atoms with van der Waals surface area (Å²) in [6.45, 7) is 2.00. The molecule has 0 bridgehead atoms. The number of benzene rings is 2. The highest BCUT2D eigenvalue weighted by atomic mass is 32.1. The Labute approximate surface area is 153 Å². The van der Waals surface area contributed by atoms with Crippen LogP contribution in [0.1, 0.15) is 5.56 Å². The van der Waals surface area contributed by atoms with Gasteiger partial charge in [-0.15, -0.1) is 0 Å². The van der Waals surface area contributed by atoms with Gasteiger partial charge in [0.15, 0.2) is 0 Å². The molecule has 0 unspecified atom stereocenters. The average Bonchev–Trinajstić information content (AvgIpc) is 3.03. The summed E-state index contributed by atoms with van der Waals surface area (Å²) in [6, 6.07) is 18.7. The molecular weight excluding hydrogens is 348 g/mol. The third-order valence-corrected chi connectivity index (χ3v) is 4.49. The minimum absolute atomic E-state index is 0.0157. The van der Waals surface area contributed by atoms with Crippen LogP contribution in [0.15, 0.2) is 60.7 Å². The molecule has 0 spiro atoms. The SMILES string of the molecule is Cc1ccc(-c2cc3c([N+](=O)[O-])c(-c4ccccc4)[nH]n3c(=S)n2)cc1. The zero-order valence-electron chi connectivity index (χ0n) is 13.8. The molecule has 4 rings (SSSR count). The van der Waals surface area contributed by atoms with E-state index in [1.807, 2.05) is 61.5 Å². The van der Waals surface area contributed by atoms with E-state index in [1.165, 1.54) is 4.52 Å². The van der Waals surface area contributed by atoms with Crippen molar-refractivity contribution >= 4 is 23.4 Å². The Balaban J connectivity index is 2.02. The van der Waals surface area contributed by atoms with Crippen molar-refractivity contribution in [1.29, 1.82) is 0 Å². The van der Waals surface area contributed by atoms with Gasteiger partial charge in [0.2, 0.25) is 4.77 Å². The molecule has 26 heavy (non-hydrogen) atoms. The molecule has 0 radical (unpaired) electrons. The fraction of sp³-hybridized carbons (Fsp3) is 0.0526. The number of H-pyrrole nitrogens is 1. The summed E-state index contributed by atoms with van der Waals surface area (Å²) < 4.78 is 1.72. The largest absolute Gasteiger partial charge is 0.320 e. The fourth-order valence-corrected chi connectivity index (χ4v) is 3.16. The number of fused-ring (bicyclic) bond motifs is 1. The first-order valence-corrected chi connectivity index (χ1v) is 8.38. The quantitative estimate of drug-likeness (QED) is 0.318. The maximum Gasteiger partial charge on any atom is 0.320 e. The van der Waals surface area contributed by atoms with E-state index >= 15 is 0 Å². The lowest BCUT2D eigenvalue weighted by molar-refractivity contribution is -0.382. The molecule has 0 aliphatic carbocycles. The first kappa shape index (κ1) is 16.2. The van der Waals surface area contributed by atoms with Gasteiger partial charge in [-0.2, -0.15) is 0 Å². The molecule has 0 saturated heterocycles. The van der Waals surface area contributed by atoms with Gasteiger partial charge in [-0.1, -0.05) is 60.2 Å². The van der Waals surface area contributed by atoms with Gasteiger partial charge in [-0.05, 0) is 25.2 Å². The highest BCUT2D eigenvalue weighted by Gasteiger charge is 2.24. The van der Waals surface area contributed by atoms with Crippen LogP contribution >= 0.6 is 12.2 Å². The molecule has 0 atom stereocenters. The maximum absolute atomic E-state index is 11.8. The smallest absolute Gasteiger partial charge is 0.284 e. The molecule has 0 aliphatic heterocycles. The van der Waals surface area contributed by atoms with Crippen molar-refractivity contribution in [2.45, 2.75) is 6.92 Å². The highest BCUT2D eigenvalue weighted by Crippen LogP contribution is 2.34. The van der Waals surface area contributed by atoms with Crippen LogP contribution in [0.2, 0.25) is 0 Å². The number of nitrogens with zero attached hydrogens (tertiary/aromatic N) is 3. The molecule has 7 heteroatoms. The topological polar surface area (TPSA) is 76.2 Å². The zero-order valence-corrected chi connectivity index (χ0v) is 14.7. The monoisotopic (exact) mass is 362 g/mol. The van der Waals surface area contributed by atoms with Crippen molar-refractivity contribution in [3.05, 3.63) is 81.1 Å². The van der Waals surface area contributed by atoms with Crippen molar-refractivity contribution in [1.82, 2.24) is 14.6 Å². The van der Waals surface area contributed by atoms with E-state index in [4.69, 9.17) is 12.2 Å². The number of hydrogen-bond acceptors (Lipinski definition) is 4. The van der Waals surface area contributed by atoms with Crippen molar-refractivity contribution in [3.8, 4) is 22.5 Å². The van der Waals surface area contributed by atoms with E-state index in [-0.39, 0.29) is 15.4 Å². The fourth-order valence-electron chi connectivity index (χ4n) is 2.92. The van der Waals surface area contributed by atoms with E-state index in [2.05, 4.69) is 10.1 Å². The Bertz CT molecular complexity index is 1180. The van der Waals surface area contributed by atoms with Crippen LogP contribution in [0, 0.1) is 21.8 Å². The van der Waals surface area contributed by atoms with Crippen LogP contribution in [0.5, 0.6) is 0 Å². The lowest BCUT2D eigenvalue weighted by Gasteiger charge is -2.02. The van der Waals surface area contributed by atoms with Crippen LogP contribution in [0.25, 0.3) is 28.0 Å². The van der Waals surface area contributed by atoms with E-state index in [0.29, 0.717) is 22.5 Å². The number of aromatic amines is 1.